The van der Waals surface area contributed by atoms with Crippen LogP contribution in [0.4, 0.5) is 10.5 Å². The Morgan fingerprint density at radius 2 is 1.73 bits per heavy atom. The molecule has 0 radical (unpaired) electrons. The second-order valence-electron chi connectivity index (χ2n) is 12.4. The second-order valence-corrected chi connectivity index (χ2v) is 12.4. The molecular weight excluding hydrogens is 610 g/mol. The SMILES string of the molecule is CCNC(C)CO[C@@H]1CN(C(=O)OCc2ccccc2)C[C@H](OCc2ccc3c(c2)N(CCCOC)CCO3)[C@H]1c1ccc(OC)cc1. The zero-order valence-electron chi connectivity index (χ0n) is 28.8. The molecule has 260 valence electrons. The van der Waals surface area contributed by atoms with Crippen LogP contribution in [0.5, 0.6) is 11.5 Å². The summed E-state index contributed by atoms with van der Waals surface area (Å²) in [6, 6.07) is 24.2. The van der Waals surface area contributed by atoms with Crippen molar-refractivity contribution in [2.75, 3.05) is 71.7 Å². The van der Waals surface area contributed by atoms with Gasteiger partial charge in [-0.05, 0) is 60.8 Å². The summed E-state index contributed by atoms with van der Waals surface area (Å²) in [5, 5.41) is 3.43. The molecule has 2 aliphatic heterocycles. The number of likely N-dealkylation sites (tertiary alicyclic amines) is 1. The molecule has 10 heteroatoms. The summed E-state index contributed by atoms with van der Waals surface area (Å²) in [6.45, 7) is 9.92. The Morgan fingerprint density at radius 1 is 0.958 bits per heavy atom. The number of anilines is 1. The summed E-state index contributed by atoms with van der Waals surface area (Å²) in [7, 11) is 3.40. The van der Waals surface area contributed by atoms with E-state index in [1.54, 1.807) is 19.1 Å². The van der Waals surface area contributed by atoms with Gasteiger partial charge in [0, 0.05) is 32.2 Å². The van der Waals surface area contributed by atoms with Crippen molar-refractivity contribution in [3.05, 3.63) is 89.5 Å². The maximum atomic E-state index is 13.5. The summed E-state index contributed by atoms with van der Waals surface area (Å²) in [5.41, 5.74) is 4.11. The first-order valence-corrected chi connectivity index (χ1v) is 17.0. The largest absolute Gasteiger partial charge is 0.497 e. The third-order valence-corrected chi connectivity index (χ3v) is 8.90. The Labute approximate surface area is 285 Å². The average Bonchev–Trinajstić information content (AvgIpc) is 3.12. The second kappa shape index (κ2) is 18.1. The molecule has 4 atom stereocenters. The van der Waals surface area contributed by atoms with Gasteiger partial charge in [-0.1, -0.05) is 55.5 Å². The van der Waals surface area contributed by atoms with Crippen molar-refractivity contribution in [3.63, 3.8) is 0 Å². The van der Waals surface area contributed by atoms with Gasteiger partial charge in [0.05, 0.1) is 57.9 Å². The number of carbonyl (C=O) groups excluding carboxylic acids is 1. The van der Waals surface area contributed by atoms with E-state index < -0.39 is 0 Å². The Hall–Kier alpha value is -3.83. The van der Waals surface area contributed by atoms with E-state index in [2.05, 4.69) is 48.3 Å². The number of amides is 1. The Balaban J connectivity index is 1.38. The van der Waals surface area contributed by atoms with Crippen LogP contribution in [0.3, 0.4) is 0 Å². The standard InChI is InChI=1S/C38H51N3O7/c1-5-39-28(2)25-46-35-23-41(38(42)48-26-29-10-7-6-8-11-29)24-36(37(35)31-13-15-32(44-4)16-14-31)47-27-30-12-17-34-33(22-30)40(19-21-45-34)18-9-20-43-3/h6-8,10-17,22,28,35-37,39H,5,9,18-21,23-27H2,1-4H3/t28?,35-,36+,37+/m1/s1. The number of ether oxygens (including phenoxy) is 6. The highest BCUT2D eigenvalue weighted by molar-refractivity contribution is 5.68. The lowest BCUT2D eigenvalue weighted by Crippen LogP contribution is -2.55. The van der Waals surface area contributed by atoms with Gasteiger partial charge < -0.3 is 43.5 Å². The van der Waals surface area contributed by atoms with Gasteiger partial charge in [0.25, 0.3) is 0 Å². The zero-order valence-corrected chi connectivity index (χ0v) is 28.8. The normalized spacial score (nSPS) is 19.7. The molecule has 2 aliphatic rings. The fraction of sp³-hybridized carbons (Fsp3) is 0.500. The summed E-state index contributed by atoms with van der Waals surface area (Å²) in [5.74, 6) is 1.53. The van der Waals surface area contributed by atoms with Crippen LogP contribution in [-0.2, 0) is 32.2 Å². The van der Waals surface area contributed by atoms with E-state index in [0.29, 0.717) is 39.5 Å². The van der Waals surface area contributed by atoms with E-state index >= 15 is 0 Å². The number of nitrogens with one attached hydrogen (secondary N) is 1. The van der Waals surface area contributed by atoms with Crippen molar-refractivity contribution in [3.8, 4) is 11.5 Å². The topological polar surface area (TPSA) is 91.0 Å². The van der Waals surface area contributed by atoms with Crippen molar-refractivity contribution in [1.29, 1.82) is 0 Å². The first kappa shape index (κ1) is 35.5. The molecule has 0 aliphatic carbocycles. The maximum Gasteiger partial charge on any atom is 0.410 e. The number of nitrogens with zero attached hydrogens (tertiary/aromatic N) is 2. The van der Waals surface area contributed by atoms with Crippen LogP contribution in [0, 0.1) is 0 Å². The van der Waals surface area contributed by atoms with E-state index in [-0.39, 0.29) is 36.9 Å². The van der Waals surface area contributed by atoms with Gasteiger partial charge >= 0.3 is 6.09 Å². The highest BCUT2D eigenvalue weighted by Gasteiger charge is 2.42. The summed E-state index contributed by atoms with van der Waals surface area (Å²) in [4.78, 5) is 17.6. The quantitative estimate of drug-likeness (QED) is 0.196. The number of benzene rings is 3. The zero-order chi connectivity index (χ0) is 33.7. The minimum absolute atomic E-state index is 0.130. The molecule has 2 heterocycles. The van der Waals surface area contributed by atoms with Gasteiger partial charge in [0.2, 0.25) is 0 Å². The fourth-order valence-electron chi connectivity index (χ4n) is 6.42. The highest BCUT2D eigenvalue weighted by Crippen LogP contribution is 2.36. The molecule has 0 spiro atoms. The average molecular weight is 662 g/mol. The number of carbonyl (C=O) groups is 1. The number of methoxy groups -OCH3 is 2. The minimum atomic E-state index is -0.383. The summed E-state index contributed by atoms with van der Waals surface area (Å²) in [6.07, 6.45) is -0.130. The van der Waals surface area contributed by atoms with Crippen molar-refractivity contribution in [2.45, 2.75) is 57.6 Å². The van der Waals surface area contributed by atoms with E-state index in [9.17, 15) is 4.79 Å². The van der Waals surface area contributed by atoms with Crippen LogP contribution in [0.1, 0.15) is 42.9 Å². The molecule has 0 saturated carbocycles. The summed E-state index contributed by atoms with van der Waals surface area (Å²) >= 11 is 0. The lowest BCUT2D eigenvalue weighted by molar-refractivity contribution is -0.0940. The first-order chi connectivity index (χ1) is 23.5. The smallest absolute Gasteiger partial charge is 0.410 e. The van der Waals surface area contributed by atoms with E-state index in [4.69, 9.17) is 28.4 Å². The number of fused-ring (bicyclic) bond motifs is 1. The molecule has 1 amide bonds. The minimum Gasteiger partial charge on any atom is -0.497 e. The molecule has 3 aromatic rings. The maximum absolute atomic E-state index is 13.5. The third-order valence-electron chi connectivity index (χ3n) is 8.90. The van der Waals surface area contributed by atoms with Crippen LogP contribution >= 0.6 is 0 Å². The van der Waals surface area contributed by atoms with Gasteiger partial charge in [-0.3, -0.25) is 0 Å². The lowest BCUT2D eigenvalue weighted by Gasteiger charge is -2.43. The van der Waals surface area contributed by atoms with Gasteiger partial charge in [0.1, 0.15) is 24.7 Å². The fourth-order valence-corrected chi connectivity index (χ4v) is 6.42. The molecule has 1 unspecified atom stereocenters. The molecule has 0 bridgehead atoms. The van der Waals surface area contributed by atoms with E-state index in [1.165, 1.54) is 0 Å². The number of rotatable bonds is 16. The lowest BCUT2D eigenvalue weighted by atomic mass is 9.84. The molecule has 48 heavy (non-hydrogen) atoms. The van der Waals surface area contributed by atoms with Crippen LogP contribution in [0.25, 0.3) is 0 Å². The van der Waals surface area contributed by atoms with Gasteiger partial charge in [-0.25, -0.2) is 4.79 Å². The van der Waals surface area contributed by atoms with E-state index in [0.717, 1.165) is 59.9 Å². The molecule has 1 fully saturated rings. The first-order valence-electron chi connectivity index (χ1n) is 17.0. The summed E-state index contributed by atoms with van der Waals surface area (Å²) < 4.78 is 35.9. The number of hydrogen-bond donors (Lipinski definition) is 1. The van der Waals surface area contributed by atoms with Crippen LogP contribution < -0.4 is 19.7 Å². The number of hydrogen-bond acceptors (Lipinski definition) is 9. The van der Waals surface area contributed by atoms with Crippen molar-refractivity contribution in [1.82, 2.24) is 10.2 Å². The number of likely N-dealkylation sites (N-methyl/N-ethyl adjacent to an activating group) is 1. The Bertz CT molecular complexity index is 1410. The predicted octanol–water partition coefficient (Wildman–Crippen LogP) is 5.64. The molecule has 3 aromatic carbocycles. The predicted molar refractivity (Wildman–Crippen MR) is 186 cm³/mol. The van der Waals surface area contributed by atoms with Crippen molar-refractivity contribution in [2.24, 2.45) is 0 Å². The van der Waals surface area contributed by atoms with Crippen LogP contribution in [-0.4, -0.2) is 96.0 Å². The molecule has 10 nitrogen and oxygen atoms in total. The van der Waals surface area contributed by atoms with E-state index in [1.807, 2.05) is 48.5 Å². The Morgan fingerprint density at radius 3 is 2.46 bits per heavy atom. The molecule has 0 aromatic heterocycles. The van der Waals surface area contributed by atoms with Crippen molar-refractivity contribution < 1.29 is 33.2 Å². The van der Waals surface area contributed by atoms with Gasteiger partial charge in [-0.2, -0.15) is 0 Å². The van der Waals surface area contributed by atoms with Crippen LogP contribution in [0.2, 0.25) is 0 Å². The molecule has 1 N–H and O–H groups in total. The molecule has 1 saturated heterocycles. The monoisotopic (exact) mass is 661 g/mol. The number of piperidine rings is 1. The Kier molecular flexibility index (Phi) is 13.4. The highest BCUT2D eigenvalue weighted by atomic mass is 16.6. The molecular formula is C38H51N3O7. The van der Waals surface area contributed by atoms with Crippen LogP contribution in [0.15, 0.2) is 72.8 Å². The van der Waals surface area contributed by atoms with Gasteiger partial charge in [0.15, 0.2) is 0 Å². The van der Waals surface area contributed by atoms with Crippen molar-refractivity contribution >= 4 is 11.8 Å². The molecule has 5 rings (SSSR count). The third kappa shape index (κ3) is 9.63. The van der Waals surface area contributed by atoms with Gasteiger partial charge in [-0.15, -0.1) is 0 Å².